The van der Waals surface area contributed by atoms with Crippen molar-refractivity contribution in [3.63, 3.8) is 0 Å². The van der Waals surface area contributed by atoms with Crippen molar-refractivity contribution in [2.24, 2.45) is 17.3 Å². The summed E-state index contributed by atoms with van der Waals surface area (Å²) in [5.41, 5.74) is 0.453. The van der Waals surface area contributed by atoms with Crippen LogP contribution in [-0.4, -0.2) is 11.7 Å². The lowest BCUT2D eigenvalue weighted by Crippen LogP contribution is -2.06. The third kappa shape index (κ3) is 2.30. The molecule has 1 N–H and O–H groups in total. The molecule has 1 aliphatic rings. The van der Waals surface area contributed by atoms with Crippen LogP contribution in [0.25, 0.3) is 0 Å². The maximum atomic E-state index is 8.77. The van der Waals surface area contributed by atoms with Crippen molar-refractivity contribution in [2.45, 2.75) is 33.6 Å². The summed E-state index contributed by atoms with van der Waals surface area (Å²) in [6.07, 6.45) is 2.53. The molecule has 0 saturated heterocycles. The summed E-state index contributed by atoms with van der Waals surface area (Å²) in [5, 5.41) is 8.77. The van der Waals surface area contributed by atoms with Crippen LogP contribution in [0, 0.1) is 17.3 Å². The second-order valence-corrected chi connectivity index (χ2v) is 4.70. The molecule has 0 spiro atoms. The van der Waals surface area contributed by atoms with Gasteiger partial charge in [-0.05, 0) is 30.1 Å². The second-order valence-electron chi connectivity index (χ2n) is 4.70. The molecule has 1 rings (SSSR count). The topological polar surface area (TPSA) is 20.2 Å². The van der Waals surface area contributed by atoms with Gasteiger partial charge in [-0.15, -0.1) is 0 Å². The van der Waals surface area contributed by atoms with E-state index >= 15 is 0 Å². The quantitative estimate of drug-likeness (QED) is 0.625. The predicted molar refractivity (Wildman–Crippen MR) is 42.8 cm³/mol. The number of aliphatic hydroxyl groups is 1. The summed E-state index contributed by atoms with van der Waals surface area (Å²) < 4.78 is 0. The summed E-state index contributed by atoms with van der Waals surface area (Å²) in [7, 11) is 0. The van der Waals surface area contributed by atoms with E-state index < -0.39 is 0 Å². The molecule has 1 aliphatic carbocycles. The summed E-state index contributed by atoms with van der Waals surface area (Å²) in [6, 6.07) is 0. The van der Waals surface area contributed by atoms with E-state index in [-0.39, 0.29) is 0 Å². The number of rotatable bonds is 2. The van der Waals surface area contributed by atoms with Gasteiger partial charge in [-0.3, -0.25) is 0 Å². The van der Waals surface area contributed by atoms with Gasteiger partial charge in [-0.1, -0.05) is 20.8 Å². The Labute approximate surface area is 63.4 Å². The van der Waals surface area contributed by atoms with E-state index in [0.29, 0.717) is 17.9 Å². The molecule has 1 fully saturated rings. The van der Waals surface area contributed by atoms with Crippen molar-refractivity contribution in [2.75, 3.05) is 6.61 Å². The minimum absolute atomic E-state index is 0.404. The molecule has 0 aromatic carbocycles. The normalized spacial score (nSPS) is 32.4. The average molecular weight is 142 g/mol. The Bertz CT molecular complexity index is 112. The number of aliphatic hydroxyl groups excluding tert-OH is 1. The highest BCUT2D eigenvalue weighted by atomic mass is 16.3. The monoisotopic (exact) mass is 142 g/mol. The molecule has 2 atom stereocenters. The summed E-state index contributed by atoms with van der Waals surface area (Å²) in [5.74, 6) is 1.46. The van der Waals surface area contributed by atoms with Gasteiger partial charge in [0.15, 0.2) is 0 Å². The Kier molecular flexibility index (Phi) is 2.04. The van der Waals surface area contributed by atoms with Crippen LogP contribution in [0.15, 0.2) is 0 Å². The molecule has 1 nitrogen and oxygen atoms in total. The van der Waals surface area contributed by atoms with E-state index in [1.807, 2.05) is 0 Å². The Hall–Kier alpha value is -0.0400. The maximum Gasteiger partial charge on any atom is 0.0462 e. The third-order valence-corrected chi connectivity index (χ3v) is 2.18. The van der Waals surface area contributed by atoms with Gasteiger partial charge >= 0.3 is 0 Å². The van der Waals surface area contributed by atoms with Crippen LogP contribution in [0.2, 0.25) is 0 Å². The number of hydrogen-bond donors (Lipinski definition) is 1. The Balaban J connectivity index is 2.18. The van der Waals surface area contributed by atoms with Crippen LogP contribution in [0.5, 0.6) is 0 Å². The first-order valence-electron chi connectivity index (χ1n) is 4.14. The summed E-state index contributed by atoms with van der Waals surface area (Å²) in [6.45, 7) is 7.19. The smallest absolute Gasteiger partial charge is 0.0462 e. The van der Waals surface area contributed by atoms with E-state index in [9.17, 15) is 0 Å². The standard InChI is InChI=1S/C9H18O/c1-9(2,3)5-7-4-8(7)6-10/h7-8,10H,4-6H2,1-3H3/t7-,8-/m0/s1. The Morgan fingerprint density at radius 2 is 1.90 bits per heavy atom. The molecule has 0 bridgehead atoms. The highest BCUT2D eigenvalue weighted by molar-refractivity contribution is 4.88. The highest BCUT2D eigenvalue weighted by Crippen LogP contribution is 2.45. The van der Waals surface area contributed by atoms with Crippen molar-refractivity contribution in [3.8, 4) is 0 Å². The molecule has 1 saturated carbocycles. The Morgan fingerprint density at radius 1 is 1.30 bits per heavy atom. The molecule has 0 aromatic heterocycles. The lowest BCUT2D eigenvalue weighted by Gasteiger charge is -2.17. The largest absolute Gasteiger partial charge is 0.396 e. The van der Waals surface area contributed by atoms with Crippen molar-refractivity contribution in [3.05, 3.63) is 0 Å². The zero-order valence-corrected chi connectivity index (χ0v) is 7.22. The zero-order valence-electron chi connectivity index (χ0n) is 7.22. The lowest BCUT2D eigenvalue weighted by molar-refractivity contribution is 0.255. The molecule has 1 heteroatoms. The van der Waals surface area contributed by atoms with Crippen LogP contribution in [0.3, 0.4) is 0 Å². The molecular weight excluding hydrogens is 124 g/mol. The number of hydrogen-bond acceptors (Lipinski definition) is 1. The minimum Gasteiger partial charge on any atom is -0.396 e. The molecule has 0 amide bonds. The maximum absolute atomic E-state index is 8.77. The van der Waals surface area contributed by atoms with Crippen LogP contribution >= 0.6 is 0 Å². The van der Waals surface area contributed by atoms with Crippen LogP contribution in [-0.2, 0) is 0 Å². The molecule has 10 heavy (non-hydrogen) atoms. The first-order chi connectivity index (χ1) is 4.53. The van der Waals surface area contributed by atoms with Gasteiger partial charge in [0, 0.05) is 6.61 Å². The SMILES string of the molecule is CC(C)(C)C[C@@H]1C[C@H]1CO. The molecule has 0 unspecified atom stereocenters. The van der Waals surface area contributed by atoms with Gasteiger partial charge in [0.1, 0.15) is 0 Å². The summed E-state index contributed by atoms with van der Waals surface area (Å²) >= 11 is 0. The van der Waals surface area contributed by atoms with Gasteiger partial charge in [-0.2, -0.15) is 0 Å². The van der Waals surface area contributed by atoms with Crippen molar-refractivity contribution < 1.29 is 5.11 Å². The second kappa shape index (κ2) is 2.54. The van der Waals surface area contributed by atoms with E-state index in [1.54, 1.807) is 0 Å². The molecule has 0 aromatic rings. The fraction of sp³-hybridized carbons (Fsp3) is 1.00. The van der Waals surface area contributed by atoms with Crippen molar-refractivity contribution in [1.82, 2.24) is 0 Å². The van der Waals surface area contributed by atoms with Gasteiger partial charge in [0.25, 0.3) is 0 Å². The fourth-order valence-corrected chi connectivity index (χ4v) is 1.57. The molecule has 0 heterocycles. The zero-order chi connectivity index (χ0) is 7.78. The third-order valence-electron chi connectivity index (χ3n) is 2.18. The van der Waals surface area contributed by atoms with Crippen LogP contribution in [0.4, 0.5) is 0 Å². The van der Waals surface area contributed by atoms with E-state index in [0.717, 1.165) is 5.92 Å². The van der Waals surface area contributed by atoms with E-state index in [1.165, 1.54) is 12.8 Å². The Morgan fingerprint density at radius 3 is 2.20 bits per heavy atom. The molecular formula is C9H18O. The van der Waals surface area contributed by atoms with Gasteiger partial charge in [-0.25, -0.2) is 0 Å². The lowest BCUT2D eigenvalue weighted by atomic mass is 9.89. The van der Waals surface area contributed by atoms with Gasteiger partial charge < -0.3 is 5.11 Å². The average Bonchev–Trinajstić information content (AvgIpc) is 2.42. The van der Waals surface area contributed by atoms with E-state index in [4.69, 9.17) is 5.11 Å². The van der Waals surface area contributed by atoms with Gasteiger partial charge in [0.2, 0.25) is 0 Å². The first-order valence-corrected chi connectivity index (χ1v) is 4.14. The molecule has 0 radical (unpaired) electrons. The van der Waals surface area contributed by atoms with Crippen LogP contribution < -0.4 is 0 Å². The fourth-order valence-electron chi connectivity index (χ4n) is 1.57. The van der Waals surface area contributed by atoms with Crippen molar-refractivity contribution >= 4 is 0 Å². The highest BCUT2D eigenvalue weighted by Gasteiger charge is 2.38. The predicted octanol–water partition coefficient (Wildman–Crippen LogP) is 2.05. The van der Waals surface area contributed by atoms with E-state index in [2.05, 4.69) is 20.8 Å². The molecule has 0 aliphatic heterocycles. The molecule has 60 valence electrons. The first kappa shape index (κ1) is 8.06. The van der Waals surface area contributed by atoms with Crippen LogP contribution in [0.1, 0.15) is 33.6 Å². The summed E-state index contributed by atoms with van der Waals surface area (Å²) in [4.78, 5) is 0. The minimum atomic E-state index is 0.404. The van der Waals surface area contributed by atoms with Crippen molar-refractivity contribution in [1.29, 1.82) is 0 Å². The van der Waals surface area contributed by atoms with Gasteiger partial charge in [0.05, 0.1) is 0 Å².